The Hall–Kier alpha value is -1.10. The summed E-state index contributed by atoms with van der Waals surface area (Å²) in [6.07, 6.45) is 5.06. The summed E-state index contributed by atoms with van der Waals surface area (Å²) >= 11 is 0. The molecule has 1 amide bonds. The van der Waals surface area contributed by atoms with E-state index < -0.39 is 5.97 Å². The number of carboxylic acid groups (broad SMARTS) is 1. The number of likely N-dealkylation sites (tertiary alicyclic amines) is 2. The number of hydrogen-bond acceptors (Lipinski definition) is 3. The van der Waals surface area contributed by atoms with Crippen LogP contribution in [0.15, 0.2) is 0 Å². The molecule has 3 aliphatic rings. The molecule has 3 fully saturated rings. The molecule has 5 nitrogen and oxygen atoms in total. The molecule has 0 aromatic heterocycles. The van der Waals surface area contributed by atoms with Gasteiger partial charge in [0.1, 0.15) is 0 Å². The zero-order valence-corrected chi connectivity index (χ0v) is 11.3. The molecule has 1 N–H and O–H groups in total. The second-order valence-corrected chi connectivity index (χ2v) is 6.26. The number of fused-ring (bicyclic) bond motifs is 2. The van der Waals surface area contributed by atoms with Crippen LogP contribution in [0.3, 0.4) is 0 Å². The van der Waals surface area contributed by atoms with E-state index in [2.05, 4.69) is 4.90 Å². The molecule has 0 spiro atoms. The fourth-order valence-corrected chi connectivity index (χ4v) is 3.87. The summed E-state index contributed by atoms with van der Waals surface area (Å²) in [6, 6.07) is 0.630. The minimum absolute atomic E-state index is 0.191. The minimum atomic E-state index is -0.719. The first kappa shape index (κ1) is 12.9. The van der Waals surface area contributed by atoms with Gasteiger partial charge in [-0.15, -0.1) is 0 Å². The Morgan fingerprint density at radius 3 is 2.37 bits per heavy atom. The number of hydrogen-bond donors (Lipinski definition) is 1. The first-order chi connectivity index (χ1) is 9.13. The summed E-state index contributed by atoms with van der Waals surface area (Å²) in [5.74, 6) is 0.0303. The van der Waals surface area contributed by atoms with Crippen LogP contribution in [0.5, 0.6) is 0 Å². The van der Waals surface area contributed by atoms with E-state index in [0.717, 1.165) is 12.5 Å². The maximum absolute atomic E-state index is 12.2. The summed E-state index contributed by atoms with van der Waals surface area (Å²) in [4.78, 5) is 27.3. The van der Waals surface area contributed by atoms with Crippen LogP contribution < -0.4 is 0 Å². The Morgan fingerprint density at radius 1 is 1.11 bits per heavy atom. The topological polar surface area (TPSA) is 60.9 Å². The van der Waals surface area contributed by atoms with Gasteiger partial charge in [-0.25, -0.2) is 0 Å². The van der Waals surface area contributed by atoms with E-state index in [-0.39, 0.29) is 11.8 Å². The molecule has 2 atom stereocenters. The van der Waals surface area contributed by atoms with Crippen molar-refractivity contribution in [3.8, 4) is 0 Å². The van der Waals surface area contributed by atoms with Crippen LogP contribution in [-0.2, 0) is 9.59 Å². The smallest absolute Gasteiger partial charge is 0.306 e. The average molecular weight is 266 g/mol. The van der Waals surface area contributed by atoms with Crippen LogP contribution in [0.2, 0.25) is 0 Å². The molecule has 19 heavy (non-hydrogen) atoms. The van der Waals surface area contributed by atoms with Crippen LogP contribution in [-0.4, -0.2) is 59.0 Å². The molecule has 3 rings (SSSR count). The van der Waals surface area contributed by atoms with Gasteiger partial charge in [0.05, 0.1) is 12.5 Å². The number of carbonyl (C=O) groups is 2. The largest absolute Gasteiger partial charge is 0.481 e. The van der Waals surface area contributed by atoms with E-state index in [0.29, 0.717) is 38.5 Å². The number of aliphatic carboxylic acids is 1. The van der Waals surface area contributed by atoms with Crippen LogP contribution in [0.1, 0.15) is 32.1 Å². The summed E-state index contributed by atoms with van der Waals surface area (Å²) in [6.45, 7) is 2.84. The maximum Gasteiger partial charge on any atom is 0.306 e. The maximum atomic E-state index is 12.2. The van der Waals surface area contributed by atoms with E-state index in [1.807, 2.05) is 4.90 Å². The third-order valence-corrected chi connectivity index (χ3v) is 5.06. The van der Waals surface area contributed by atoms with Crippen molar-refractivity contribution in [3.63, 3.8) is 0 Å². The predicted octanol–water partition coefficient (Wildman–Crippen LogP) is 0.794. The van der Waals surface area contributed by atoms with Gasteiger partial charge < -0.3 is 10.0 Å². The monoisotopic (exact) mass is 266 g/mol. The number of rotatable bonds is 3. The van der Waals surface area contributed by atoms with E-state index in [9.17, 15) is 9.59 Å². The zero-order chi connectivity index (χ0) is 13.4. The molecule has 0 aromatic carbocycles. The molecule has 2 saturated heterocycles. The highest BCUT2D eigenvalue weighted by Crippen LogP contribution is 2.37. The first-order valence-corrected chi connectivity index (χ1v) is 7.38. The highest BCUT2D eigenvalue weighted by molar-refractivity contribution is 5.79. The van der Waals surface area contributed by atoms with Gasteiger partial charge in [-0.05, 0) is 38.0 Å². The molecule has 106 valence electrons. The molecular formula is C14H22N2O3. The van der Waals surface area contributed by atoms with Crippen molar-refractivity contribution in [1.82, 2.24) is 9.80 Å². The minimum Gasteiger partial charge on any atom is -0.481 e. The zero-order valence-electron chi connectivity index (χ0n) is 11.3. The van der Waals surface area contributed by atoms with Crippen molar-refractivity contribution >= 4 is 11.9 Å². The van der Waals surface area contributed by atoms with Gasteiger partial charge in [-0.2, -0.15) is 0 Å². The van der Waals surface area contributed by atoms with E-state index >= 15 is 0 Å². The molecule has 2 aliphatic heterocycles. The average Bonchev–Trinajstić information content (AvgIpc) is 3.01. The van der Waals surface area contributed by atoms with Crippen LogP contribution >= 0.6 is 0 Å². The van der Waals surface area contributed by atoms with Crippen molar-refractivity contribution in [1.29, 1.82) is 0 Å². The molecule has 2 bridgehead atoms. The number of nitrogens with zero attached hydrogens (tertiary/aromatic N) is 2. The molecule has 5 heteroatoms. The molecule has 1 saturated carbocycles. The van der Waals surface area contributed by atoms with Gasteiger partial charge in [0, 0.05) is 25.7 Å². The number of carbonyl (C=O) groups excluding carboxylic acids is 1. The summed E-state index contributed by atoms with van der Waals surface area (Å²) in [7, 11) is 0. The Kier molecular flexibility index (Phi) is 3.48. The molecule has 0 unspecified atom stereocenters. The van der Waals surface area contributed by atoms with Crippen molar-refractivity contribution in [2.24, 2.45) is 11.8 Å². The Morgan fingerprint density at radius 2 is 1.84 bits per heavy atom. The van der Waals surface area contributed by atoms with Crippen molar-refractivity contribution in [3.05, 3.63) is 0 Å². The standard InChI is InChI=1S/C14H22N2O3/c17-13(9-16-8-10-1-2-12(16)7-10)15-5-3-11(4-6-15)14(18)19/h10-12H,1-9H2,(H,18,19)/t10-,12+/m1/s1. The Balaban J connectivity index is 1.48. The van der Waals surface area contributed by atoms with Gasteiger partial charge in [0.25, 0.3) is 0 Å². The Bertz CT molecular complexity index is 377. The molecule has 2 heterocycles. The first-order valence-electron chi connectivity index (χ1n) is 7.38. The third kappa shape index (κ3) is 2.61. The molecule has 0 radical (unpaired) electrons. The van der Waals surface area contributed by atoms with Crippen molar-refractivity contribution in [2.45, 2.75) is 38.1 Å². The van der Waals surface area contributed by atoms with Gasteiger partial charge in [-0.3, -0.25) is 14.5 Å². The lowest BCUT2D eigenvalue weighted by molar-refractivity contribution is -0.146. The second-order valence-electron chi connectivity index (χ2n) is 6.26. The lowest BCUT2D eigenvalue weighted by Crippen LogP contribution is -2.46. The number of amides is 1. The molecular weight excluding hydrogens is 244 g/mol. The van der Waals surface area contributed by atoms with Gasteiger partial charge >= 0.3 is 5.97 Å². The summed E-state index contributed by atoms with van der Waals surface area (Å²) in [5.41, 5.74) is 0. The molecule has 0 aromatic rings. The van der Waals surface area contributed by atoms with Crippen molar-refractivity contribution in [2.75, 3.05) is 26.2 Å². The third-order valence-electron chi connectivity index (χ3n) is 5.06. The lowest BCUT2D eigenvalue weighted by Gasteiger charge is -2.33. The van der Waals surface area contributed by atoms with Crippen LogP contribution in [0, 0.1) is 11.8 Å². The predicted molar refractivity (Wildman–Crippen MR) is 69.6 cm³/mol. The van der Waals surface area contributed by atoms with E-state index in [1.54, 1.807) is 0 Å². The Labute approximate surface area is 113 Å². The summed E-state index contributed by atoms with van der Waals surface area (Å²) < 4.78 is 0. The highest BCUT2D eigenvalue weighted by Gasteiger charge is 2.39. The SMILES string of the molecule is O=C(O)C1CCN(C(=O)CN2C[C@@H]3CC[C@H]2C3)CC1. The van der Waals surface area contributed by atoms with Gasteiger partial charge in [0.15, 0.2) is 0 Å². The number of carboxylic acids is 1. The fraction of sp³-hybridized carbons (Fsp3) is 0.857. The van der Waals surface area contributed by atoms with E-state index in [1.165, 1.54) is 19.3 Å². The van der Waals surface area contributed by atoms with Crippen LogP contribution in [0.4, 0.5) is 0 Å². The number of piperidine rings is 2. The quantitative estimate of drug-likeness (QED) is 0.820. The lowest BCUT2D eigenvalue weighted by atomic mass is 9.97. The fourth-order valence-electron chi connectivity index (χ4n) is 3.87. The normalized spacial score (nSPS) is 31.9. The van der Waals surface area contributed by atoms with E-state index in [4.69, 9.17) is 5.11 Å². The van der Waals surface area contributed by atoms with Gasteiger partial charge in [0.2, 0.25) is 5.91 Å². The second kappa shape index (κ2) is 5.12. The summed E-state index contributed by atoms with van der Waals surface area (Å²) in [5, 5.41) is 8.95. The highest BCUT2D eigenvalue weighted by atomic mass is 16.4. The van der Waals surface area contributed by atoms with Crippen LogP contribution in [0.25, 0.3) is 0 Å². The van der Waals surface area contributed by atoms with Gasteiger partial charge in [-0.1, -0.05) is 0 Å². The van der Waals surface area contributed by atoms with Crippen molar-refractivity contribution < 1.29 is 14.7 Å². The molecule has 1 aliphatic carbocycles.